The van der Waals surface area contributed by atoms with E-state index < -0.39 is 17.7 Å². The van der Waals surface area contributed by atoms with Gasteiger partial charge in [0, 0.05) is 5.92 Å². The van der Waals surface area contributed by atoms with Gasteiger partial charge in [-0.15, -0.1) is 0 Å². The van der Waals surface area contributed by atoms with Gasteiger partial charge in [-0.05, 0) is 68.0 Å². The molecule has 0 radical (unpaired) electrons. The van der Waals surface area contributed by atoms with E-state index in [-0.39, 0.29) is 17.3 Å². The second kappa shape index (κ2) is 9.02. The van der Waals surface area contributed by atoms with E-state index in [0.29, 0.717) is 17.6 Å². The predicted octanol–water partition coefficient (Wildman–Crippen LogP) is 5.45. The third kappa shape index (κ3) is 5.10. The maximum absolute atomic E-state index is 13.6. The molecule has 0 unspecified atom stereocenters. The number of nitrogens with one attached hydrogen (secondary N) is 1. The minimum atomic E-state index is -0.695. The molecule has 0 saturated carbocycles. The highest BCUT2D eigenvalue weighted by Crippen LogP contribution is 2.44. The van der Waals surface area contributed by atoms with E-state index in [0.717, 1.165) is 17.5 Å². The Morgan fingerprint density at radius 2 is 1.77 bits per heavy atom. The van der Waals surface area contributed by atoms with Crippen LogP contribution in [0.25, 0.3) is 5.57 Å². The topological polar surface area (TPSA) is 85.9 Å². The van der Waals surface area contributed by atoms with Gasteiger partial charge in [0.15, 0.2) is 0 Å². The van der Waals surface area contributed by atoms with Gasteiger partial charge in [0.2, 0.25) is 0 Å². The summed E-state index contributed by atoms with van der Waals surface area (Å²) in [6.45, 7) is 5.31. The van der Waals surface area contributed by atoms with Crippen molar-refractivity contribution in [3.63, 3.8) is 0 Å². The molecule has 1 amide bonds. The molecule has 0 fully saturated rings. The summed E-state index contributed by atoms with van der Waals surface area (Å²) in [5, 5.41) is 22.2. The minimum Gasteiger partial charge on any atom is -0.444 e. The number of carbonyl (C=O) groups is 1. The molecule has 2 aromatic carbocycles. The lowest BCUT2D eigenvalue weighted by Crippen LogP contribution is -2.39. The number of hydrogen-bond donors (Lipinski definition) is 1. The van der Waals surface area contributed by atoms with Crippen LogP contribution < -0.4 is 5.32 Å². The molecule has 2 atom stereocenters. The summed E-state index contributed by atoms with van der Waals surface area (Å²) >= 11 is 0. The number of halogens is 1. The summed E-state index contributed by atoms with van der Waals surface area (Å²) in [6.07, 6.45) is 0.717. The molecule has 31 heavy (non-hydrogen) atoms. The highest BCUT2D eigenvalue weighted by molar-refractivity contribution is 5.81. The summed E-state index contributed by atoms with van der Waals surface area (Å²) in [4.78, 5) is 12.7. The first-order chi connectivity index (χ1) is 14.7. The molecule has 0 aromatic heterocycles. The number of ether oxygens (including phenoxy) is 1. The first kappa shape index (κ1) is 22.1. The number of allylic oxidation sites excluding steroid dienone is 1. The molecule has 158 valence electrons. The second-order valence-electron chi connectivity index (χ2n) is 8.49. The van der Waals surface area contributed by atoms with Crippen LogP contribution in [0.3, 0.4) is 0 Å². The van der Waals surface area contributed by atoms with Gasteiger partial charge in [-0.3, -0.25) is 0 Å². The van der Waals surface area contributed by atoms with Gasteiger partial charge >= 0.3 is 6.09 Å². The highest BCUT2D eigenvalue weighted by atomic mass is 19.1. The van der Waals surface area contributed by atoms with Crippen LogP contribution >= 0.6 is 0 Å². The lowest BCUT2D eigenvalue weighted by Gasteiger charge is -2.35. The maximum Gasteiger partial charge on any atom is 0.408 e. The standard InChI is InChI=1S/C25H24FN3O2/c1-25(2,3)31-24(30)29-23(17-8-11-19(26)12-9-17)21-13-10-16-6-4-5-7-20(16)22(21)18(14-27)15-28/h4-9,11-12,21,23H,10,13H2,1-3H3,(H,29,30)/t21-,23+/m0/s1. The monoisotopic (exact) mass is 417 g/mol. The quantitative estimate of drug-likeness (QED) is 0.673. The molecule has 3 rings (SSSR count). The third-order valence-electron chi connectivity index (χ3n) is 5.20. The van der Waals surface area contributed by atoms with Crippen molar-refractivity contribution in [1.82, 2.24) is 5.32 Å². The zero-order chi connectivity index (χ0) is 22.6. The Morgan fingerprint density at radius 3 is 2.39 bits per heavy atom. The number of carbonyl (C=O) groups excluding carboxylic acids is 1. The van der Waals surface area contributed by atoms with Crippen LogP contribution in [0.5, 0.6) is 0 Å². The highest BCUT2D eigenvalue weighted by Gasteiger charge is 2.35. The van der Waals surface area contributed by atoms with Gasteiger partial charge in [-0.25, -0.2) is 9.18 Å². The zero-order valence-corrected chi connectivity index (χ0v) is 17.8. The van der Waals surface area contributed by atoms with E-state index in [1.54, 1.807) is 32.9 Å². The molecular formula is C25H24FN3O2. The fourth-order valence-corrected chi connectivity index (χ4v) is 3.98. The Kier molecular flexibility index (Phi) is 6.42. The van der Waals surface area contributed by atoms with Crippen molar-refractivity contribution in [2.24, 2.45) is 5.92 Å². The fraction of sp³-hybridized carbons (Fsp3) is 0.320. The van der Waals surface area contributed by atoms with Gasteiger partial charge in [0.05, 0.1) is 6.04 Å². The predicted molar refractivity (Wildman–Crippen MR) is 115 cm³/mol. The van der Waals surface area contributed by atoms with E-state index in [4.69, 9.17) is 4.74 Å². The van der Waals surface area contributed by atoms with Gasteiger partial charge in [-0.1, -0.05) is 36.4 Å². The third-order valence-corrected chi connectivity index (χ3v) is 5.20. The van der Waals surface area contributed by atoms with E-state index in [9.17, 15) is 19.7 Å². The molecule has 0 heterocycles. The zero-order valence-electron chi connectivity index (χ0n) is 17.8. The van der Waals surface area contributed by atoms with Gasteiger partial charge in [0.25, 0.3) is 0 Å². The summed E-state index contributed by atoms with van der Waals surface area (Å²) in [5.41, 5.74) is 2.46. The van der Waals surface area contributed by atoms with E-state index in [1.165, 1.54) is 12.1 Å². The van der Waals surface area contributed by atoms with Crippen molar-refractivity contribution in [3.05, 3.63) is 76.6 Å². The van der Waals surface area contributed by atoms with Crippen LogP contribution in [-0.4, -0.2) is 11.7 Å². The molecule has 1 N–H and O–H groups in total. The number of nitriles is 2. The molecule has 0 bridgehead atoms. The van der Waals surface area contributed by atoms with Crippen molar-refractivity contribution >= 4 is 11.7 Å². The maximum atomic E-state index is 13.6. The molecule has 2 aromatic rings. The van der Waals surface area contributed by atoms with Crippen molar-refractivity contribution in [2.45, 2.75) is 45.3 Å². The number of amides is 1. The van der Waals surface area contributed by atoms with E-state index in [1.807, 2.05) is 36.4 Å². The SMILES string of the molecule is CC(C)(C)OC(=O)N[C@H](c1ccc(F)cc1)[C@H]1CCc2ccccc2C1=C(C#N)C#N. The number of alkyl carbamates (subject to hydrolysis) is 1. The summed E-state index contributed by atoms with van der Waals surface area (Å²) < 4.78 is 19.0. The molecule has 1 aliphatic rings. The number of nitrogens with zero attached hydrogens (tertiary/aromatic N) is 2. The van der Waals surface area contributed by atoms with Crippen LogP contribution in [0.2, 0.25) is 0 Å². The Bertz CT molecular complexity index is 1070. The summed E-state index contributed by atoms with van der Waals surface area (Å²) in [6, 6.07) is 16.9. The lowest BCUT2D eigenvalue weighted by molar-refractivity contribution is 0.0491. The van der Waals surface area contributed by atoms with E-state index >= 15 is 0 Å². The fourth-order valence-electron chi connectivity index (χ4n) is 3.98. The van der Waals surface area contributed by atoms with Gasteiger partial charge in [-0.2, -0.15) is 10.5 Å². The Balaban J connectivity index is 2.12. The molecule has 0 saturated heterocycles. The molecule has 5 nitrogen and oxygen atoms in total. The van der Waals surface area contributed by atoms with Crippen LogP contribution in [0, 0.1) is 34.4 Å². The second-order valence-corrected chi connectivity index (χ2v) is 8.49. The van der Waals surface area contributed by atoms with Crippen LogP contribution in [-0.2, 0) is 11.2 Å². The van der Waals surface area contributed by atoms with Crippen LogP contribution in [0.15, 0.2) is 54.1 Å². The largest absolute Gasteiger partial charge is 0.444 e. The Morgan fingerprint density at radius 1 is 1.13 bits per heavy atom. The van der Waals surface area contributed by atoms with Crippen molar-refractivity contribution in [1.29, 1.82) is 10.5 Å². The first-order valence-corrected chi connectivity index (χ1v) is 10.1. The Labute approximate surface area is 181 Å². The van der Waals surface area contributed by atoms with Crippen molar-refractivity contribution < 1.29 is 13.9 Å². The number of benzene rings is 2. The number of rotatable bonds is 3. The molecule has 6 heteroatoms. The van der Waals surface area contributed by atoms with Crippen molar-refractivity contribution in [3.8, 4) is 12.1 Å². The lowest BCUT2D eigenvalue weighted by atomic mass is 9.72. The number of hydrogen-bond acceptors (Lipinski definition) is 4. The summed E-state index contributed by atoms with van der Waals surface area (Å²) in [5.74, 6) is -0.749. The van der Waals surface area contributed by atoms with Gasteiger partial charge in [0.1, 0.15) is 29.1 Å². The average Bonchev–Trinajstić information content (AvgIpc) is 2.72. The van der Waals surface area contributed by atoms with E-state index in [2.05, 4.69) is 5.32 Å². The van der Waals surface area contributed by atoms with Crippen LogP contribution in [0.1, 0.15) is 49.9 Å². The average molecular weight is 417 g/mol. The molecule has 0 spiro atoms. The molecule has 0 aliphatic heterocycles. The molecular weight excluding hydrogens is 393 g/mol. The number of fused-ring (bicyclic) bond motifs is 1. The Hall–Kier alpha value is -3.64. The van der Waals surface area contributed by atoms with Crippen LogP contribution in [0.4, 0.5) is 9.18 Å². The van der Waals surface area contributed by atoms with Crippen molar-refractivity contribution in [2.75, 3.05) is 0 Å². The first-order valence-electron chi connectivity index (χ1n) is 10.1. The number of aryl methyl sites for hydroxylation is 1. The normalized spacial score (nSPS) is 16.3. The summed E-state index contributed by atoms with van der Waals surface area (Å²) in [7, 11) is 0. The molecule has 1 aliphatic carbocycles. The minimum absolute atomic E-state index is 0.00949. The van der Waals surface area contributed by atoms with Gasteiger partial charge < -0.3 is 10.1 Å². The smallest absolute Gasteiger partial charge is 0.408 e.